The Kier molecular flexibility index (Phi) is 5.21. The zero-order chi connectivity index (χ0) is 12.8. The summed E-state index contributed by atoms with van der Waals surface area (Å²) in [4.78, 5) is 24.3. The fraction of sp³-hybridized carbons (Fsp3) is 0.818. The number of hydrogen-bond acceptors (Lipinski definition) is 3. The van der Waals surface area contributed by atoms with Crippen molar-refractivity contribution in [2.24, 2.45) is 17.6 Å². The van der Waals surface area contributed by atoms with Gasteiger partial charge in [-0.15, -0.1) is 0 Å². The molecule has 0 radical (unpaired) electrons. The number of urea groups is 1. The van der Waals surface area contributed by atoms with Crippen LogP contribution in [0.3, 0.4) is 0 Å². The molecule has 2 atom stereocenters. The number of nitrogens with zero attached hydrogens (tertiary/aromatic N) is 1. The third-order valence-electron chi connectivity index (χ3n) is 3.04. The van der Waals surface area contributed by atoms with E-state index in [-0.39, 0.29) is 24.3 Å². The lowest BCUT2D eigenvalue weighted by atomic mass is 9.97. The number of nitrogens with two attached hydrogens (primary N) is 1. The molecule has 0 aromatic rings. The second-order valence-corrected chi connectivity index (χ2v) is 4.66. The van der Waals surface area contributed by atoms with Crippen molar-refractivity contribution in [2.75, 3.05) is 26.2 Å². The molecule has 0 aromatic heterocycles. The summed E-state index contributed by atoms with van der Waals surface area (Å²) in [6.07, 6.45) is 1.58. The molecular weight excluding hydrogens is 222 g/mol. The number of nitrogens with one attached hydrogen (secondary N) is 1. The molecule has 3 amide bonds. The number of hydrogen-bond donors (Lipinski definition) is 3. The molecule has 1 saturated heterocycles. The number of rotatable bonds is 4. The highest BCUT2D eigenvalue weighted by atomic mass is 16.3. The molecule has 1 fully saturated rings. The maximum Gasteiger partial charge on any atom is 0.314 e. The molecule has 1 heterocycles. The van der Waals surface area contributed by atoms with E-state index < -0.39 is 6.03 Å². The number of piperidine rings is 1. The fourth-order valence-corrected chi connectivity index (χ4v) is 1.88. The fourth-order valence-electron chi connectivity index (χ4n) is 1.88. The van der Waals surface area contributed by atoms with Crippen LogP contribution < -0.4 is 11.1 Å². The molecule has 0 spiro atoms. The Bertz CT molecular complexity index is 283. The average molecular weight is 243 g/mol. The average Bonchev–Trinajstić information content (AvgIpc) is 2.35. The molecule has 1 aliphatic heterocycles. The second-order valence-electron chi connectivity index (χ2n) is 4.66. The topological polar surface area (TPSA) is 95.7 Å². The van der Waals surface area contributed by atoms with Crippen LogP contribution in [-0.2, 0) is 4.79 Å². The van der Waals surface area contributed by atoms with Crippen LogP contribution in [0.25, 0.3) is 0 Å². The summed E-state index contributed by atoms with van der Waals surface area (Å²) in [7, 11) is 0. The Hall–Kier alpha value is -1.30. The van der Waals surface area contributed by atoms with Crippen molar-refractivity contribution >= 4 is 11.9 Å². The smallest absolute Gasteiger partial charge is 0.314 e. The molecule has 1 aliphatic rings. The third kappa shape index (κ3) is 4.22. The van der Waals surface area contributed by atoms with E-state index in [2.05, 4.69) is 5.32 Å². The van der Waals surface area contributed by atoms with E-state index in [1.165, 1.54) is 4.90 Å². The summed E-state index contributed by atoms with van der Waals surface area (Å²) in [5.41, 5.74) is 5.20. The highest BCUT2D eigenvalue weighted by molar-refractivity contribution is 5.80. The molecule has 6 heteroatoms. The van der Waals surface area contributed by atoms with Crippen LogP contribution in [0.15, 0.2) is 0 Å². The molecule has 0 bridgehead atoms. The van der Waals surface area contributed by atoms with Crippen LogP contribution in [-0.4, -0.2) is 48.2 Å². The number of aliphatic hydroxyl groups is 1. The van der Waals surface area contributed by atoms with E-state index >= 15 is 0 Å². The number of aliphatic hydroxyl groups excluding tert-OH is 1. The van der Waals surface area contributed by atoms with Crippen LogP contribution in [0.4, 0.5) is 4.79 Å². The van der Waals surface area contributed by atoms with Crippen molar-refractivity contribution in [2.45, 2.75) is 19.8 Å². The zero-order valence-electron chi connectivity index (χ0n) is 10.2. The van der Waals surface area contributed by atoms with E-state index in [1.807, 2.05) is 6.92 Å². The Balaban J connectivity index is 2.38. The quantitative estimate of drug-likeness (QED) is 0.622. The van der Waals surface area contributed by atoms with Gasteiger partial charge in [-0.2, -0.15) is 0 Å². The van der Waals surface area contributed by atoms with Gasteiger partial charge in [-0.05, 0) is 18.8 Å². The molecule has 1 rings (SSSR count). The maximum atomic E-state index is 11.8. The number of carbonyl (C=O) groups excluding carboxylic acids is 2. The molecular formula is C11H21N3O3. The van der Waals surface area contributed by atoms with Crippen molar-refractivity contribution in [3.8, 4) is 0 Å². The first-order chi connectivity index (χ1) is 8.04. The summed E-state index contributed by atoms with van der Waals surface area (Å²) < 4.78 is 0. The van der Waals surface area contributed by atoms with Crippen molar-refractivity contribution in [1.29, 1.82) is 0 Å². The zero-order valence-corrected chi connectivity index (χ0v) is 10.2. The van der Waals surface area contributed by atoms with Gasteiger partial charge in [0, 0.05) is 26.2 Å². The van der Waals surface area contributed by atoms with Crippen LogP contribution in [0.5, 0.6) is 0 Å². The van der Waals surface area contributed by atoms with Crippen LogP contribution in [0.2, 0.25) is 0 Å². The second kappa shape index (κ2) is 6.44. The Morgan fingerprint density at radius 3 is 2.88 bits per heavy atom. The highest BCUT2D eigenvalue weighted by Crippen LogP contribution is 2.16. The van der Waals surface area contributed by atoms with Gasteiger partial charge in [-0.25, -0.2) is 4.79 Å². The van der Waals surface area contributed by atoms with E-state index in [9.17, 15) is 9.59 Å². The van der Waals surface area contributed by atoms with Gasteiger partial charge in [0.2, 0.25) is 5.91 Å². The molecule has 0 aliphatic carbocycles. The highest BCUT2D eigenvalue weighted by Gasteiger charge is 2.27. The first-order valence-corrected chi connectivity index (χ1v) is 5.97. The van der Waals surface area contributed by atoms with Crippen molar-refractivity contribution in [3.05, 3.63) is 0 Å². The standard InChI is InChI=1S/C11H21N3O3/c1-8(7-15)5-13-10(16)9-3-2-4-14(6-9)11(12)17/h8-9,15H,2-7H2,1H3,(H2,12,17)(H,13,16). The van der Waals surface area contributed by atoms with Crippen LogP contribution in [0, 0.1) is 11.8 Å². The Morgan fingerprint density at radius 1 is 1.59 bits per heavy atom. The number of carbonyl (C=O) groups is 2. The molecule has 98 valence electrons. The SMILES string of the molecule is CC(CO)CNC(=O)C1CCCN(C(N)=O)C1. The van der Waals surface area contributed by atoms with Crippen LogP contribution in [0.1, 0.15) is 19.8 Å². The van der Waals surface area contributed by atoms with Crippen molar-refractivity contribution < 1.29 is 14.7 Å². The van der Waals surface area contributed by atoms with Gasteiger partial charge in [0.25, 0.3) is 0 Å². The van der Waals surface area contributed by atoms with Gasteiger partial charge in [-0.3, -0.25) is 4.79 Å². The van der Waals surface area contributed by atoms with E-state index in [0.717, 1.165) is 12.8 Å². The van der Waals surface area contributed by atoms with E-state index in [1.54, 1.807) is 0 Å². The molecule has 0 saturated carbocycles. The minimum Gasteiger partial charge on any atom is -0.396 e. The first kappa shape index (κ1) is 13.8. The number of primary amides is 1. The predicted octanol–water partition coefficient (Wildman–Crippen LogP) is -0.478. The van der Waals surface area contributed by atoms with Gasteiger partial charge >= 0.3 is 6.03 Å². The monoisotopic (exact) mass is 243 g/mol. The molecule has 6 nitrogen and oxygen atoms in total. The lowest BCUT2D eigenvalue weighted by Gasteiger charge is -2.30. The largest absolute Gasteiger partial charge is 0.396 e. The summed E-state index contributed by atoms with van der Waals surface area (Å²) in [5.74, 6) is -0.187. The van der Waals surface area contributed by atoms with Crippen LogP contribution >= 0.6 is 0 Å². The van der Waals surface area contributed by atoms with Gasteiger partial charge in [0.1, 0.15) is 0 Å². The number of likely N-dealkylation sites (tertiary alicyclic amines) is 1. The van der Waals surface area contributed by atoms with E-state index in [0.29, 0.717) is 19.6 Å². The normalized spacial score (nSPS) is 22.0. The summed E-state index contributed by atoms with van der Waals surface area (Å²) >= 11 is 0. The predicted molar refractivity (Wildman–Crippen MR) is 63.1 cm³/mol. The van der Waals surface area contributed by atoms with Gasteiger partial charge in [0.05, 0.1) is 5.92 Å². The van der Waals surface area contributed by atoms with Crippen molar-refractivity contribution in [3.63, 3.8) is 0 Å². The van der Waals surface area contributed by atoms with Gasteiger partial charge in [0.15, 0.2) is 0 Å². The third-order valence-corrected chi connectivity index (χ3v) is 3.04. The van der Waals surface area contributed by atoms with Gasteiger partial charge < -0.3 is 21.1 Å². The number of amides is 3. The lowest BCUT2D eigenvalue weighted by Crippen LogP contribution is -2.47. The minimum atomic E-state index is -0.466. The lowest BCUT2D eigenvalue weighted by molar-refractivity contribution is -0.126. The van der Waals surface area contributed by atoms with Crippen molar-refractivity contribution in [1.82, 2.24) is 10.2 Å². The molecule has 0 aromatic carbocycles. The first-order valence-electron chi connectivity index (χ1n) is 5.97. The summed E-state index contributed by atoms with van der Waals surface area (Å²) in [5, 5.41) is 11.6. The molecule has 4 N–H and O–H groups in total. The maximum absolute atomic E-state index is 11.8. The molecule has 2 unspecified atom stereocenters. The van der Waals surface area contributed by atoms with Gasteiger partial charge in [-0.1, -0.05) is 6.92 Å². The summed E-state index contributed by atoms with van der Waals surface area (Å²) in [6, 6.07) is -0.466. The molecule has 17 heavy (non-hydrogen) atoms. The van der Waals surface area contributed by atoms with E-state index in [4.69, 9.17) is 10.8 Å². The Labute approximate surface area is 101 Å². The Morgan fingerprint density at radius 2 is 2.29 bits per heavy atom. The minimum absolute atomic E-state index is 0.0507. The summed E-state index contributed by atoms with van der Waals surface area (Å²) in [6.45, 7) is 3.40.